The van der Waals surface area contributed by atoms with Crippen molar-refractivity contribution in [1.29, 1.82) is 0 Å². The molecule has 0 saturated heterocycles. The molecule has 2 nitrogen and oxygen atoms in total. The maximum Gasteiger partial charge on any atom is 0.0207 e. The third kappa shape index (κ3) is 1.72. The summed E-state index contributed by atoms with van der Waals surface area (Å²) in [5.74, 6) is 0. The average molecular weight is 126 g/mol. The van der Waals surface area contributed by atoms with Crippen LogP contribution in [0.4, 0.5) is 0 Å². The lowest BCUT2D eigenvalue weighted by atomic mass is 10.2. The molecule has 0 fully saturated rings. The second kappa shape index (κ2) is 2.87. The summed E-state index contributed by atoms with van der Waals surface area (Å²) in [5.41, 5.74) is 6.89. The third-order valence-corrected chi connectivity index (χ3v) is 1.65. The largest absolute Gasteiger partial charge is 0.380 e. The number of rotatable bonds is 2. The van der Waals surface area contributed by atoms with E-state index in [4.69, 9.17) is 5.73 Å². The van der Waals surface area contributed by atoms with Crippen LogP contribution >= 0.6 is 0 Å². The maximum absolute atomic E-state index is 5.39. The molecule has 1 rings (SSSR count). The van der Waals surface area contributed by atoms with Gasteiger partial charge in [0.2, 0.25) is 0 Å². The van der Waals surface area contributed by atoms with E-state index in [9.17, 15) is 0 Å². The van der Waals surface area contributed by atoms with Gasteiger partial charge in [-0.05, 0) is 25.6 Å². The van der Waals surface area contributed by atoms with Gasteiger partial charge in [0.25, 0.3) is 0 Å². The molecule has 0 unspecified atom stereocenters. The van der Waals surface area contributed by atoms with Gasteiger partial charge in [0.05, 0.1) is 0 Å². The van der Waals surface area contributed by atoms with E-state index in [-0.39, 0.29) is 0 Å². The Morgan fingerprint density at radius 3 is 3.00 bits per heavy atom. The number of nitrogens with zero attached hydrogens (tertiary/aromatic N) is 1. The fourth-order valence-electron chi connectivity index (χ4n) is 1.14. The van der Waals surface area contributed by atoms with Crippen molar-refractivity contribution >= 4 is 0 Å². The molecule has 1 aliphatic heterocycles. The fraction of sp³-hybridized carbons (Fsp3) is 0.714. The minimum Gasteiger partial charge on any atom is -0.380 e. The van der Waals surface area contributed by atoms with Gasteiger partial charge in [-0.15, -0.1) is 0 Å². The van der Waals surface area contributed by atoms with Crippen LogP contribution in [0.15, 0.2) is 11.8 Å². The van der Waals surface area contributed by atoms with E-state index in [2.05, 4.69) is 18.1 Å². The summed E-state index contributed by atoms with van der Waals surface area (Å²) >= 11 is 0. The summed E-state index contributed by atoms with van der Waals surface area (Å²) in [5, 5.41) is 0. The first kappa shape index (κ1) is 6.62. The van der Waals surface area contributed by atoms with Crippen LogP contribution in [0.2, 0.25) is 0 Å². The highest BCUT2D eigenvalue weighted by molar-refractivity contribution is 5.07. The minimum atomic E-state index is 0.791. The molecule has 0 aromatic heterocycles. The van der Waals surface area contributed by atoms with Crippen molar-refractivity contribution in [1.82, 2.24) is 4.90 Å². The second-order valence-electron chi connectivity index (χ2n) is 2.56. The molecule has 0 aliphatic carbocycles. The van der Waals surface area contributed by atoms with E-state index >= 15 is 0 Å². The summed E-state index contributed by atoms with van der Waals surface area (Å²) < 4.78 is 0. The molecule has 0 atom stereocenters. The third-order valence-electron chi connectivity index (χ3n) is 1.65. The van der Waals surface area contributed by atoms with E-state index in [1.807, 2.05) is 0 Å². The van der Waals surface area contributed by atoms with E-state index in [1.54, 1.807) is 0 Å². The first-order valence-corrected chi connectivity index (χ1v) is 3.43. The van der Waals surface area contributed by atoms with E-state index in [0.717, 1.165) is 13.0 Å². The zero-order chi connectivity index (χ0) is 6.69. The number of nitrogens with two attached hydrogens (primary N) is 1. The van der Waals surface area contributed by atoms with Crippen molar-refractivity contribution in [3.8, 4) is 0 Å². The highest BCUT2D eigenvalue weighted by atomic mass is 15.1. The van der Waals surface area contributed by atoms with Crippen molar-refractivity contribution < 1.29 is 0 Å². The smallest absolute Gasteiger partial charge is 0.0207 e. The minimum absolute atomic E-state index is 0.791. The van der Waals surface area contributed by atoms with Crippen molar-refractivity contribution in [3.05, 3.63) is 11.8 Å². The van der Waals surface area contributed by atoms with Crippen LogP contribution in [0.5, 0.6) is 0 Å². The molecule has 2 heteroatoms. The Morgan fingerprint density at radius 1 is 1.78 bits per heavy atom. The molecule has 9 heavy (non-hydrogen) atoms. The second-order valence-corrected chi connectivity index (χ2v) is 2.56. The predicted octanol–water partition coefficient (Wildman–Crippen LogP) is 0.555. The highest BCUT2D eigenvalue weighted by Gasteiger charge is 2.06. The molecule has 0 radical (unpaired) electrons. The fourth-order valence-corrected chi connectivity index (χ4v) is 1.14. The van der Waals surface area contributed by atoms with Crippen LogP contribution in [-0.2, 0) is 0 Å². The molecular formula is C7H14N2. The van der Waals surface area contributed by atoms with Gasteiger partial charge in [-0.25, -0.2) is 0 Å². The lowest BCUT2D eigenvalue weighted by molar-refractivity contribution is 0.496. The zero-order valence-electron chi connectivity index (χ0n) is 5.93. The average Bonchev–Trinajstić information content (AvgIpc) is 2.17. The van der Waals surface area contributed by atoms with Crippen molar-refractivity contribution in [3.63, 3.8) is 0 Å². The van der Waals surface area contributed by atoms with Crippen LogP contribution < -0.4 is 5.73 Å². The molecule has 0 amide bonds. The summed E-state index contributed by atoms with van der Waals surface area (Å²) in [6.07, 6.45) is 4.49. The molecule has 0 spiro atoms. The SMILES string of the molecule is CN1C=C(CCN)CC1. The van der Waals surface area contributed by atoms with Gasteiger partial charge in [0, 0.05) is 13.6 Å². The lowest BCUT2D eigenvalue weighted by Gasteiger charge is -2.02. The molecule has 0 aromatic rings. The van der Waals surface area contributed by atoms with Crippen LogP contribution in [0.25, 0.3) is 0 Å². The Bertz CT molecular complexity index is 118. The molecular weight excluding hydrogens is 112 g/mol. The summed E-state index contributed by atoms with van der Waals surface area (Å²) in [6, 6.07) is 0. The Hall–Kier alpha value is -0.500. The Morgan fingerprint density at radius 2 is 2.56 bits per heavy atom. The van der Waals surface area contributed by atoms with Crippen molar-refractivity contribution in [2.75, 3.05) is 20.1 Å². The molecule has 0 aromatic carbocycles. The highest BCUT2D eigenvalue weighted by Crippen LogP contribution is 2.14. The van der Waals surface area contributed by atoms with E-state index in [1.165, 1.54) is 18.5 Å². The van der Waals surface area contributed by atoms with Crippen molar-refractivity contribution in [2.24, 2.45) is 5.73 Å². The summed E-state index contributed by atoms with van der Waals surface area (Å²) in [7, 11) is 2.10. The molecule has 0 bridgehead atoms. The molecule has 2 N–H and O–H groups in total. The Kier molecular flexibility index (Phi) is 2.11. The van der Waals surface area contributed by atoms with E-state index in [0.29, 0.717) is 0 Å². The zero-order valence-corrected chi connectivity index (χ0v) is 5.93. The molecule has 1 aliphatic rings. The Labute approximate surface area is 56.3 Å². The van der Waals surface area contributed by atoms with Gasteiger partial charge in [0.15, 0.2) is 0 Å². The molecule has 52 valence electrons. The van der Waals surface area contributed by atoms with Crippen LogP contribution in [0.3, 0.4) is 0 Å². The van der Waals surface area contributed by atoms with Gasteiger partial charge in [-0.2, -0.15) is 0 Å². The molecule has 0 saturated carbocycles. The summed E-state index contributed by atoms with van der Waals surface area (Å²) in [6.45, 7) is 1.97. The maximum atomic E-state index is 5.39. The van der Waals surface area contributed by atoms with Crippen LogP contribution in [0, 0.1) is 0 Å². The quantitative estimate of drug-likeness (QED) is 0.585. The van der Waals surface area contributed by atoms with Gasteiger partial charge < -0.3 is 10.6 Å². The van der Waals surface area contributed by atoms with E-state index < -0.39 is 0 Å². The summed E-state index contributed by atoms with van der Waals surface area (Å²) in [4.78, 5) is 2.21. The van der Waals surface area contributed by atoms with Crippen LogP contribution in [0.1, 0.15) is 12.8 Å². The first-order valence-electron chi connectivity index (χ1n) is 3.43. The van der Waals surface area contributed by atoms with Gasteiger partial charge in [-0.1, -0.05) is 5.57 Å². The lowest BCUT2D eigenvalue weighted by Crippen LogP contribution is -2.04. The van der Waals surface area contributed by atoms with Crippen molar-refractivity contribution in [2.45, 2.75) is 12.8 Å². The van der Waals surface area contributed by atoms with Crippen LogP contribution in [-0.4, -0.2) is 25.0 Å². The molecule has 1 heterocycles. The van der Waals surface area contributed by atoms with Gasteiger partial charge >= 0.3 is 0 Å². The number of hydrogen-bond acceptors (Lipinski definition) is 2. The normalized spacial score (nSPS) is 18.4. The Balaban J connectivity index is 2.33. The number of hydrogen-bond donors (Lipinski definition) is 1. The topological polar surface area (TPSA) is 29.3 Å². The monoisotopic (exact) mass is 126 g/mol. The van der Waals surface area contributed by atoms with Gasteiger partial charge in [0.1, 0.15) is 0 Å². The van der Waals surface area contributed by atoms with Gasteiger partial charge in [-0.3, -0.25) is 0 Å². The first-order chi connectivity index (χ1) is 4.33. The standard InChI is InChI=1S/C7H14N2/c1-9-5-3-7(6-9)2-4-8/h6H,2-5,8H2,1H3. The predicted molar refractivity (Wildman–Crippen MR) is 39.0 cm³/mol.